The van der Waals surface area contributed by atoms with Gasteiger partial charge in [0.05, 0.1) is 4.90 Å². The normalized spacial score (nSPS) is 11.6. The van der Waals surface area contributed by atoms with Crippen LogP contribution in [0.2, 0.25) is 0 Å². The number of halogens is 2. The molecule has 1 amide bonds. The lowest BCUT2D eigenvalue weighted by atomic mass is 10.2. The lowest BCUT2D eigenvalue weighted by molar-refractivity contribution is 0.102. The summed E-state index contributed by atoms with van der Waals surface area (Å²) in [4.78, 5) is 16.9. The molecule has 0 radical (unpaired) electrons. The Balaban J connectivity index is 1.67. The number of sulfone groups is 1. The molecule has 3 rings (SSSR count). The number of hydrogen-bond donors (Lipinski definition) is 1. The van der Waals surface area contributed by atoms with Crippen molar-refractivity contribution in [2.45, 2.75) is 20.7 Å². The van der Waals surface area contributed by atoms with Crippen molar-refractivity contribution in [1.82, 2.24) is 9.55 Å². The number of alkyl halides is 2. The Hall–Kier alpha value is -2.72. The number of hydrogen-bond acceptors (Lipinski definition) is 5. The number of carbonyl (C=O) groups is 1. The summed E-state index contributed by atoms with van der Waals surface area (Å²) in [6.45, 7) is 0. The molecule has 0 unspecified atom stereocenters. The lowest BCUT2D eigenvalue weighted by Crippen LogP contribution is -2.14. The smallest absolute Gasteiger partial charge is 0.329 e. The van der Waals surface area contributed by atoms with E-state index in [1.54, 1.807) is 18.3 Å². The maximum atomic E-state index is 12.5. The number of aromatic nitrogens is 2. The first-order valence-corrected chi connectivity index (χ1v) is 10.3. The Morgan fingerprint density at radius 3 is 2.29 bits per heavy atom. The number of nitrogens with zero attached hydrogens (tertiary/aromatic N) is 2. The summed E-state index contributed by atoms with van der Waals surface area (Å²) in [7, 11) is -2.79. The molecule has 0 atom stereocenters. The number of imidazole rings is 1. The second-order valence-electron chi connectivity index (χ2n) is 5.73. The van der Waals surface area contributed by atoms with Gasteiger partial charge in [0.2, 0.25) is 9.84 Å². The van der Waals surface area contributed by atoms with Crippen molar-refractivity contribution in [3.8, 4) is 0 Å². The Morgan fingerprint density at radius 1 is 1.11 bits per heavy atom. The van der Waals surface area contributed by atoms with Crippen LogP contribution >= 0.6 is 11.8 Å². The van der Waals surface area contributed by atoms with Crippen LogP contribution < -0.4 is 5.32 Å². The highest BCUT2D eigenvalue weighted by molar-refractivity contribution is 7.99. The van der Waals surface area contributed by atoms with Gasteiger partial charge in [-0.05, 0) is 48.5 Å². The van der Waals surface area contributed by atoms with Gasteiger partial charge in [0, 0.05) is 35.6 Å². The van der Waals surface area contributed by atoms with Crippen molar-refractivity contribution in [3.63, 3.8) is 0 Å². The Labute approximate surface area is 164 Å². The molecule has 0 saturated heterocycles. The summed E-state index contributed by atoms with van der Waals surface area (Å²) in [6.07, 6.45) is 3.55. The van der Waals surface area contributed by atoms with Crippen molar-refractivity contribution < 1.29 is 22.0 Å². The Kier molecular flexibility index (Phi) is 5.80. The second-order valence-corrected chi connectivity index (χ2v) is 8.69. The fourth-order valence-corrected chi connectivity index (χ4v) is 3.79. The Morgan fingerprint density at radius 2 is 1.75 bits per heavy atom. The average molecular weight is 423 g/mol. The van der Waals surface area contributed by atoms with Gasteiger partial charge in [-0.15, -0.1) is 0 Å². The molecule has 6 nitrogen and oxygen atoms in total. The van der Waals surface area contributed by atoms with Gasteiger partial charge < -0.3 is 9.88 Å². The molecule has 0 fully saturated rings. The fourth-order valence-electron chi connectivity index (χ4n) is 2.26. The number of amides is 1. The van der Waals surface area contributed by atoms with Crippen molar-refractivity contribution in [3.05, 3.63) is 66.5 Å². The highest BCUT2D eigenvalue weighted by atomic mass is 32.2. The highest BCUT2D eigenvalue weighted by Crippen LogP contribution is 2.27. The van der Waals surface area contributed by atoms with Crippen LogP contribution in [0.4, 0.5) is 14.5 Å². The number of aryl methyl sites for hydroxylation is 1. The lowest BCUT2D eigenvalue weighted by Gasteiger charge is -2.08. The molecule has 0 bridgehead atoms. The molecule has 10 heteroatoms. The quantitative estimate of drug-likeness (QED) is 0.652. The summed E-state index contributed by atoms with van der Waals surface area (Å²) in [6, 6.07) is 11.5. The summed E-state index contributed by atoms with van der Waals surface area (Å²) in [5.41, 5.74) is 0.693. The number of carbonyl (C=O) groups excluding carboxylic acids is 1. The SMILES string of the molecule is Cn1ccnc1Sc1ccc(NC(=O)c2ccc(S(=O)(=O)C(F)F)cc2)cc1. The van der Waals surface area contributed by atoms with Gasteiger partial charge in [-0.25, -0.2) is 13.4 Å². The molecule has 0 spiro atoms. The van der Waals surface area contributed by atoms with Crippen LogP contribution in [-0.2, 0) is 16.9 Å². The van der Waals surface area contributed by atoms with Crippen LogP contribution in [0, 0.1) is 0 Å². The van der Waals surface area contributed by atoms with Gasteiger partial charge >= 0.3 is 5.76 Å². The molecule has 0 aliphatic rings. The summed E-state index contributed by atoms with van der Waals surface area (Å²) in [5, 5.41) is 3.50. The van der Waals surface area contributed by atoms with E-state index in [4.69, 9.17) is 0 Å². The van der Waals surface area contributed by atoms with Crippen molar-refractivity contribution in [2.75, 3.05) is 5.32 Å². The molecule has 1 aromatic heterocycles. The second kappa shape index (κ2) is 8.11. The molecule has 2 aromatic carbocycles. The van der Waals surface area contributed by atoms with Gasteiger partial charge in [-0.3, -0.25) is 4.79 Å². The minimum absolute atomic E-state index is 0.152. The summed E-state index contributed by atoms with van der Waals surface area (Å²) >= 11 is 1.47. The fraction of sp³-hybridized carbons (Fsp3) is 0.111. The van der Waals surface area contributed by atoms with Crippen LogP contribution in [0.15, 0.2) is 75.9 Å². The van der Waals surface area contributed by atoms with E-state index in [-0.39, 0.29) is 5.56 Å². The van der Waals surface area contributed by atoms with Crippen molar-refractivity contribution in [2.24, 2.45) is 7.05 Å². The monoisotopic (exact) mass is 423 g/mol. The third kappa shape index (κ3) is 4.39. The molecule has 28 heavy (non-hydrogen) atoms. The summed E-state index contributed by atoms with van der Waals surface area (Å²) in [5.74, 6) is -3.99. The van der Waals surface area contributed by atoms with Crippen LogP contribution in [0.25, 0.3) is 0 Å². The molecule has 0 saturated carbocycles. The molecule has 1 heterocycles. The first-order chi connectivity index (χ1) is 13.3. The third-order valence-corrected chi connectivity index (χ3v) is 6.26. The van der Waals surface area contributed by atoms with Gasteiger partial charge in [-0.2, -0.15) is 8.78 Å². The van der Waals surface area contributed by atoms with E-state index in [1.165, 1.54) is 23.9 Å². The van der Waals surface area contributed by atoms with Gasteiger partial charge in [-0.1, -0.05) is 11.8 Å². The average Bonchev–Trinajstić information content (AvgIpc) is 3.08. The minimum atomic E-state index is -4.68. The number of rotatable bonds is 6. The van der Waals surface area contributed by atoms with Crippen molar-refractivity contribution >= 4 is 33.2 Å². The van der Waals surface area contributed by atoms with E-state index in [0.29, 0.717) is 5.69 Å². The number of benzene rings is 2. The molecular weight excluding hydrogens is 408 g/mol. The number of nitrogens with one attached hydrogen (secondary N) is 1. The predicted octanol–water partition coefficient (Wildman–Crippen LogP) is 3.82. The Bertz CT molecular complexity index is 1080. The van der Waals surface area contributed by atoms with E-state index in [0.717, 1.165) is 22.2 Å². The first kappa shape index (κ1) is 20.0. The predicted molar refractivity (Wildman–Crippen MR) is 101 cm³/mol. The van der Waals surface area contributed by atoms with E-state index < -0.39 is 26.4 Å². The molecule has 0 aliphatic heterocycles. The minimum Gasteiger partial charge on any atom is -0.329 e. The van der Waals surface area contributed by atoms with Crippen LogP contribution in [0.1, 0.15) is 10.4 Å². The maximum absolute atomic E-state index is 12.5. The standard InChI is InChI=1S/C18H15F2N3O3S2/c1-23-11-10-21-18(23)27-14-6-4-13(5-7-14)22-16(24)12-2-8-15(9-3-12)28(25,26)17(19)20/h2-11,17H,1H3,(H,22,24). The van der Waals surface area contributed by atoms with Gasteiger partial charge in [0.15, 0.2) is 5.16 Å². The van der Waals surface area contributed by atoms with Crippen molar-refractivity contribution in [1.29, 1.82) is 0 Å². The van der Waals surface area contributed by atoms with E-state index in [1.807, 2.05) is 29.9 Å². The van der Waals surface area contributed by atoms with Gasteiger partial charge in [0.25, 0.3) is 5.91 Å². The van der Waals surface area contributed by atoms with Crippen LogP contribution in [-0.4, -0.2) is 29.6 Å². The first-order valence-electron chi connectivity index (χ1n) is 7.96. The molecule has 0 aliphatic carbocycles. The van der Waals surface area contributed by atoms with Crippen LogP contribution in [0.3, 0.4) is 0 Å². The third-order valence-electron chi connectivity index (χ3n) is 3.78. The largest absolute Gasteiger partial charge is 0.341 e. The zero-order valence-corrected chi connectivity index (χ0v) is 16.2. The molecule has 146 valence electrons. The van der Waals surface area contributed by atoms with Gasteiger partial charge in [0.1, 0.15) is 0 Å². The highest BCUT2D eigenvalue weighted by Gasteiger charge is 2.26. The zero-order valence-electron chi connectivity index (χ0n) is 14.5. The van der Waals surface area contributed by atoms with Crippen LogP contribution in [0.5, 0.6) is 0 Å². The zero-order chi connectivity index (χ0) is 20.3. The molecule has 3 aromatic rings. The van der Waals surface area contributed by atoms with E-state index >= 15 is 0 Å². The summed E-state index contributed by atoms with van der Waals surface area (Å²) < 4.78 is 49.8. The topological polar surface area (TPSA) is 81.1 Å². The number of anilines is 1. The molecular formula is C18H15F2N3O3S2. The molecule has 1 N–H and O–H groups in total. The maximum Gasteiger partial charge on any atom is 0.341 e. The van der Waals surface area contributed by atoms with E-state index in [2.05, 4.69) is 10.3 Å². The van der Waals surface area contributed by atoms with E-state index in [9.17, 15) is 22.0 Å².